The molecule has 1 unspecified atom stereocenters. The summed E-state index contributed by atoms with van der Waals surface area (Å²) in [6.07, 6.45) is 2.16. The molecular weight excluding hydrogens is 296 g/mol. The van der Waals surface area contributed by atoms with E-state index in [0.717, 1.165) is 31.4 Å². The summed E-state index contributed by atoms with van der Waals surface area (Å²) in [5, 5.41) is 3.42. The fourth-order valence-corrected chi connectivity index (χ4v) is 2.59. The Balaban J connectivity index is 2.09. The third-order valence-corrected chi connectivity index (χ3v) is 3.66. The molecule has 0 bridgehead atoms. The number of alkyl halides is 3. The highest BCUT2D eigenvalue weighted by Gasteiger charge is 2.33. The lowest BCUT2D eigenvalue weighted by atomic mass is 10.0. The molecule has 2 nitrogen and oxygen atoms in total. The number of allylic oxidation sites excluding steroid dienone is 1. The number of rotatable bonds is 2. The molecule has 0 spiro atoms. The van der Waals surface area contributed by atoms with Crippen LogP contribution >= 0.6 is 0 Å². The number of hydrogen-bond donors (Lipinski definition) is 1. The van der Waals surface area contributed by atoms with Gasteiger partial charge < -0.3 is 5.32 Å². The van der Waals surface area contributed by atoms with E-state index in [1.807, 2.05) is 12.2 Å². The quantitative estimate of drug-likeness (QED) is 0.629. The number of hydrogen-bond acceptors (Lipinski definition) is 2. The van der Waals surface area contributed by atoms with Crippen LogP contribution in [0.15, 0.2) is 36.4 Å². The Hall–Kier alpha value is -2.11. The highest BCUT2D eigenvalue weighted by Crippen LogP contribution is 2.34. The summed E-state index contributed by atoms with van der Waals surface area (Å²) in [4.78, 5) is 3.59. The predicted molar refractivity (Wildman–Crippen MR) is 77.1 cm³/mol. The number of anilines is 1. The molecule has 0 radical (unpaired) electrons. The van der Waals surface area contributed by atoms with Crippen molar-refractivity contribution < 1.29 is 17.6 Å². The summed E-state index contributed by atoms with van der Waals surface area (Å²) < 4.78 is 52.4. The molecule has 1 N–H and O–H groups in total. The minimum absolute atomic E-state index is 0.0521. The van der Waals surface area contributed by atoms with E-state index < -0.39 is 17.7 Å². The Morgan fingerprint density at radius 3 is 2.68 bits per heavy atom. The zero-order valence-corrected chi connectivity index (χ0v) is 11.6. The summed E-state index contributed by atoms with van der Waals surface area (Å²) in [5.41, 5.74) is -0.596. The lowest BCUT2D eigenvalue weighted by Crippen LogP contribution is -2.19. The molecule has 1 atom stereocenters. The Morgan fingerprint density at radius 1 is 1.18 bits per heavy atom. The van der Waals surface area contributed by atoms with Crippen LogP contribution in [-0.2, 0) is 6.18 Å². The molecule has 3 rings (SSSR count). The lowest BCUT2D eigenvalue weighted by Gasteiger charge is -2.21. The third-order valence-electron chi connectivity index (χ3n) is 3.66. The van der Waals surface area contributed by atoms with Crippen LogP contribution in [0.1, 0.15) is 25.0 Å². The Labute approximate surface area is 124 Å². The van der Waals surface area contributed by atoms with Gasteiger partial charge in [0, 0.05) is 17.1 Å². The first-order valence-corrected chi connectivity index (χ1v) is 7.04. The number of pyridine rings is 1. The van der Waals surface area contributed by atoms with Crippen LogP contribution in [0.3, 0.4) is 0 Å². The second kappa shape index (κ2) is 5.59. The number of halogens is 4. The highest BCUT2D eigenvalue weighted by atomic mass is 19.4. The fourth-order valence-electron chi connectivity index (χ4n) is 2.59. The number of fused-ring (bicyclic) bond motifs is 1. The van der Waals surface area contributed by atoms with Crippen molar-refractivity contribution >= 4 is 16.6 Å². The van der Waals surface area contributed by atoms with Gasteiger partial charge in [-0.3, -0.25) is 0 Å². The number of nitrogens with one attached hydrogen (secondary N) is 1. The highest BCUT2D eigenvalue weighted by molar-refractivity contribution is 5.91. The average Bonchev–Trinajstić information content (AvgIpc) is 2.47. The topological polar surface area (TPSA) is 24.9 Å². The molecule has 1 aromatic carbocycles. The molecule has 0 fully saturated rings. The Kier molecular flexibility index (Phi) is 3.76. The van der Waals surface area contributed by atoms with Gasteiger partial charge in [0.15, 0.2) is 0 Å². The van der Waals surface area contributed by atoms with E-state index in [9.17, 15) is 17.6 Å². The monoisotopic (exact) mass is 310 g/mol. The maximum atomic E-state index is 13.4. The van der Waals surface area contributed by atoms with Crippen LogP contribution in [0, 0.1) is 5.82 Å². The summed E-state index contributed by atoms with van der Waals surface area (Å²) in [6, 6.07) is 4.48. The SMILES string of the molecule is Fc1ccc2nc(C(F)(F)F)cc(NC3C=CCCC3)c2c1. The van der Waals surface area contributed by atoms with Gasteiger partial charge in [-0.15, -0.1) is 0 Å². The lowest BCUT2D eigenvalue weighted by molar-refractivity contribution is -0.140. The van der Waals surface area contributed by atoms with E-state index in [-0.39, 0.29) is 17.2 Å². The van der Waals surface area contributed by atoms with Crippen molar-refractivity contribution in [1.82, 2.24) is 4.98 Å². The molecule has 0 saturated carbocycles. The number of benzene rings is 1. The third kappa shape index (κ3) is 3.05. The molecule has 6 heteroatoms. The predicted octanol–water partition coefficient (Wildman–Crippen LogP) is 4.91. The molecule has 1 aliphatic carbocycles. The van der Waals surface area contributed by atoms with E-state index in [1.54, 1.807) is 0 Å². The van der Waals surface area contributed by atoms with Crippen molar-refractivity contribution in [2.45, 2.75) is 31.5 Å². The zero-order valence-electron chi connectivity index (χ0n) is 11.6. The average molecular weight is 310 g/mol. The molecule has 22 heavy (non-hydrogen) atoms. The van der Waals surface area contributed by atoms with Gasteiger partial charge in [0.05, 0.1) is 5.52 Å². The zero-order chi connectivity index (χ0) is 15.7. The van der Waals surface area contributed by atoms with Crippen molar-refractivity contribution in [3.05, 3.63) is 47.9 Å². The molecule has 0 amide bonds. The van der Waals surface area contributed by atoms with Crippen molar-refractivity contribution in [2.75, 3.05) is 5.32 Å². The molecule has 0 saturated heterocycles. The van der Waals surface area contributed by atoms with Gasteiger partial charge in [-0.05, 0) is 43.5 Å². The van der Waals surface area contributed by atoms with E-state index in [0.29, 0.717) is 5.39 Å². The molecule has 0 aliphatic heterocycles. The van der Waals surface area contributed by atoms with Crippen LogP contribution in [-0.4, -0.2) is 11.0 Å². The Bertz CT molecular complexity index is 722. The largest absolute Gasteiger partial charge is 0.433 e. The molecule has 116 valence electrons. The van der Waals surface area contributed by atoms with Gasteiger partial charge >= 0.3 is 6.18 Å². The van der Waals surface area contributed by atoms with Gasteiger partial charge in [0.2, 0.25) is 0 Å². The van der Waals surface area contributed by atoms with Gasteiger partial charge in [-0.25, -0.2) is 9.37 Å². The first kappa shape index (κ1) is 14.8. The maximum Gasteiger partial charge on any atom is 0.433 e. The minimum atomic E-state index is -4.54. The molecular formula is C16H14F4N2. The second-order valence-electron chi connectivity index (χ2n) is 5.32. The van der Waals surface area contributed by atoms with Crippen molar-refractivity contribution in [2.24, 2.45) is 0 Å². The van der Waals surface area contributed by atoms with Gasteiger partial charge in [0.25, 0.3) is 0 Å². The fraction of sp³-hybridized carbons (Fsp3) is 0.312. The first-order valence-electron chi connectivity index (χ1n) is 7.04. The maximum absolute atomic E-state index is 13.4. The van der Waals surface area contributed by atoms with Crippen molar-refractivity contribution in [3.8, 4) is 0 Å². The van der Waals surface area contributed by atoms with Crippen LogP contribution in [0.25, 0.3) is 10.9 Å². The van der Waals surface area contributed by atoms with Crippen LogP contribution in [0.4, 0.5) is 23.2 Å². The normalized spacial score (nSPS) is 18.6. The van der Waals surface area contributed by atoms with E-state index in [1.165, 1.54) is 12.1 Å². The smallest absolute Gasteiger partial charge is 0.378 e. The second-order valence-corrected chi connectivity index (χ2v) is 5.32. The number of nitrogens with zero attached hydrogens (tertiary/aromatic N) is 1. The van der Waals surface area contributed by atoms with Crippen molar-refractivity contribution in [1.29, 1.82) is 0 Å². The first-order chi connectivity index (χ1) is 10.4. The van der Waals surface area contributed by atoms with Crippen LogP contribution in [0.5, 0.6) is 0 Å². The van der Waals surface area contributed by atoms with Crippen molar-refractivity contribution in [3.63, 3.8) is 0 Å². The van der Waals surface area contributed by atoms with Gasteiger partial charge in [-0.2, -0.15) is 13.2 Å². The van der Waals surface area contributed by atoms with Crippen LogP contribution < -0.4 is 5.32 Å². The summed E-state index contributed by atoms with van der Waals surface area (Å²) in [7, 11) is 0. The molecule has 1 heterocycles. The molecule has 1 aliphatic rings. The Morgan fingerprint density at radius 2 is 2.00 bits per heavy atom. The number of aromatic nitrogens is 1. The van der Waals surface area contributed by atoms with E-state index in [2.05, 4.69) is 10.3 Å². The standard InChI is InChI=1S/C16H14F4N2/c17-10-6-7-13-12(8-10)14(9-15(22-13)16(18,19)20)21-11-4-2-1-3-5-11/h2,4,6-9,11H,1,3,5H2,(H,21,22). The summed E-state index contributed by atoms with van der Waals surface area (Å²) in [5.74, 6) is -0.503. The summed E-state index contributed by atoms with van der Waals surface area (Å²) in [6.45, 7) is 0. The molecule has 2 aromatic rings. The van der Waals surface area contributed by atoms with Gasteiger partial charge in [0.1, 0.15) is 11.5 Å². The van der Waals surface area contributed by atoms with E-state index >= 15 is 0 Å². The van der Waals surface area contributed by atoms with E-state index in [4.69, 9.17) is 0 Å². The molecule has 1 aromatic heterocycles. The van der Waals surface area contributed by atoms with Gasteiger partial charge in [-0.1, -0.05) is 12.2 Å². The van der Waals surface area contributed by atoms with Crippen LogP contribution in [0.2, 0.25) is 0 Å². The summed E-state index contributed by atoms with van der Waals surface area (Å²) >= 11 is 0. The minimum Gasteiger partial charge on any atom is -0.378 e.